The quantitative estimate of drug-likeness (QED) is 0.417. The summed E-state index contributed by atoms with van der Waals surface area (Å²) in [5, 5.41) is 20.0. The van der Waals surface area contributed by atoms with Gasteiger partial charge in [0, 0.05) is 30.1 Å². The number of urea groups is 1. The monoisotopic (exact) mass is 453 g/mol. The van der Waals surface area contributed by atoms with Crippen LogP contribution in [0.15, 0.2) is 52.9 Å². The number of aromatic nitrogens is 1. The van der Waals surface area contributed by atoms with Crippen molar-refractivity contribution < 1.29 is 23.9 Å². The third-order valence-electron chi connectivity index (χ3n) is 5.96. The molecule has 0 spiro atoms. The molecule has 1 saturated heterocycles. The highest BCUT2D eigenvalue weighted by Gasteiger charge is 2.31. The highest BCUT2D eigenvalue weighted by atomic mass is 19.1. The van der Waals surface area contributed by atoms with Crippen LogP contribution in [0, 0.1) is 5.82 Å². The predicted octanol–water partition coefficient (Wildman–Crippen LogP) is 5.04. The smallest absolute Gasteiger partial charge is 0.343 e. The topological polar surface area (TPSA) is 90.0 Å². The molecule has 3 aromatic rings. The van der Waals surface area contributed by atoms with E-state index in [9.17, 15) is 19.5 Å². The summed E-state index contributed by atoms with van der Waals surface area (Å²) in [5.74, 6) is 0.853. The highest BCUT2D eigenvalue weighted by molar-refractivity contribution is 5.77. The first kappa shape index (κ1) is 22.9. The van der Waals surface area contributed by atoms with E-state index in [1.54, 1.807) is 30.9 Å². The zero-order valence-corrected chi connectivity index (χ0v) is 18.7. The number of hydrogen-bond donors (Lipinski definition) is 2. The van der Waals surface area contributed by atoms with Gasteiger partial charge >= 0.3 is 6.03 Å². The van der Waals surface area contributed by atoms with Crippen molar-refractivity contribution in [3.8, 4) is 22.6 Å². The van der Waals surface area contributed by atoms with Crippen LogP contribution in [-0.2, 0) is 6.61 Å². The molecule has 0 aliphatic carbocycles. The molecule has 1 fully saturated rings. The SMILES string of the molecule is CC(C)N(O)C(=O)N1CCC(c2nc(-c3ccc(F)cc3)c(-c3ccc(CO)cc3)o2)CC1. The van der Waals surface area contributed by atoms with E-state index in [1.807, 2.05) is 24.3 Å². The summed E-state index contributed by atoms with van der Waals surface area (Å²) in [6.07, 6.45) is 1.31. The van der Waals surface area contributed by atoms with Gasteiger partial charge in [-0.15, -0.1) is 0 Å². The van der Waals surface area contributed by atoms with Crippen LogP contribution < -0.4 is 0 Å². The van der Waals surface area contributed by atoms with Gasteiger partial charge in [0.25, 0.3) is 0 Å². The normalized spacial score (nSPS) is 14.7. The van der Waals surface area contributed by atoms with Crippen molar-refractivity contribution in [2.75, 3.05) is 13.1 Å². The van der Waals surface area contributed by atoms with Crippen molar-refractivity contribution in [3.63, 3.8) is 0 Å². The van der Waals surface area contributed by atoms with Gasteiger partial charge in [-0.2, -0.15) is 0 Å². The Morgan fingerprint density at radius 2 is 1.73 bits per heavy atom. The Morgan fingerprint density at radius 1 is 1.12 bits per heavy atom. The van der Waals surface area contributed by atoms with Crippen LogP contribution in [0.2, 0.25) is 0 Å². The van der Waals surface area contributed by atoms with Gasteiger partial charge in [0.2, 0.25) is 0 Å². The van der Waals surface area contributed by atoms with Crippen molar-refractivity contribution in [3.05, 3.63) is 65.8 Å². The number of aliphatic hydroxyl groups excluding tert-OH is 1. The third-order valence-corrected chi connectivity index (χ3v) is 5.96. The molecule has 2 N–H and O–H groups in total. The summed E-state index contributed by atoms with van der Waals surface area (Å²) in [7, 11) is 0. The summed E-state index contributed by atoms with van der Waals surface area (Å²) >= 11 is 0. The van der Waals surface area contributed by atoms with Crippen LogP contribution >= 0.6 is 0 Å². The second-order valence-electron chi connectivity index (χ2n) is 8.57. The van der Waals surface area contributed by atoms with Crippen LogP contribution in [0.5, 0.6) is 0 Å². The number of rotatable bonds is 5. The van der Waals surface area contributed by atoms with Gasteiger partial charge in [-0.25, -0.2) is 19.2 Å². The first-order valence-electron chi connectivity index (χ1n) is 11.1. The number of nitrogens with zero attached hydrogens (tertiary/aromatic N) is 3. The summed E-state index contributed by atoms with van der Waals surface area (Å²) in [4.78, 5) is 18.8. The van der Waals surface area contributed by atoms with Crippen molar-refractivity contribution in [2.24, 2.45) is 0 Å². The van der Waals surface area contributed by atoms with Gasteiger partial charge in [-0.3, -0.25) is 5.21 Å². The number of piperidine rings is 1. The molecule has 4 rings (SSSR count). The lowest BCUT2D eigenvalue weighted by Gasteiger charge is -2.33. The number of aliphatic hydroxyl groups is 1. The number of carbonyl (C=O) groups excluding carboxylic acids is 1. The molecule has 2 aromatic carbocycles. The maximum Gasteiger partial charge on any atom is 0.343 e. The van der Waals surface area contributed by atoms with E-state index in [0.717, 1.165) is 21.8 Å². The fourth-order valence-electron chi connectivity index (χ4n) is 3.96. The van der Waals surface area contributed by atoms with Gasteiger partial charge in [0.05, 0.1) is 12.6 Å². The van der Waals surface area contributed by atoms with Gasteiger partial charge in [0.1, 0.15) is 11.5 Å². The lowest BCUT2D eigenvalue weighted by molar-refractivity contribution is -0.0815. The molecule has 2 heterocycles. The van der Waals surface area contributed by atoms with Crippen LogP contribution in [0.25, 0.3) is 22.6 Å². The van der Waals surface area contributed by atoms with Crippen molar-refractivity contribution in [1.82, 2.24) is 14.9 Å². The van der Waals surface area contributed by atoms with E-state index in [0.29, 0.717) is 43.3 Å². The van der Waals surface area contributed by atoms with E-state index in [-0.39, 0.29) is 24.4 Å². The second-order valence-corrected chi connectivity index (χ2v) is 8.57. The Kier molecular flexibility index (Phi) is 6.76. The van der Waals surface area contributed by atoms with E-state index in [4.69, 9.17) is 9.40 Å². The Bertz CT molecular complexity index is 1090. The minimum Gasteiger partial charge on any atom is -0.440 e. The fraction of sp³-hybridized carbons (Fsp3) is 0.360. The Morgan fingerprint density at radius 3 is 2.30 bits per heavy atom. The Balaban J connectivity index is 1.60. The largest absolute Gasteiger partial charge is 0.440 e. The minimum atomic E-state index is -0.396. The number of halogens is 1. The van der Waals surface area contributed by atoms with Gasteiger partial charge in [0.15, 0.2) is 11.7 Å². The maximum absolute atomic E-state index is 13.5. The summed E-state index contributed by atoms with van der Waals surface area (Å²) in [5.41, 5.74) is 2.97. The molecular formula is C25H28FN3O4. The molecule has 1 aliphatic heterocycles. The standard InChI is InChI=1S/C25H28FN3O4/c1-16(2)29(32)25(31)28-13-11-20(12-14-28)24-27-22(18-7-9-21(26)10-8-18)23(33-24)19-5-3-17(15-30)4-6-19/h3-10,16,20,30,32H,11-15H2,1-2H3. The third kappa shape index (κ3) is 4.91. The molecule has 1 aromatic heterocycles. The van der Waals surface area contributed by atoms with Crippen LogP contribution in [0.1, 0.15) is 44.1 Å². The molecule has 0 unspecified atom stereocenters. The molecular weight excluding hydrogens is 425 g/mol. The average Bonchev–Trinajstić information content (AvgIpc) is 3.29. The summed E-state index contributed by atoms with van der Waals surface area (Å²) in [6, 6.07) is 12.8. The van der Waals surface area contributed by atoms with E-state index in [2.05, 4.69) is 0 Å². The summed E-state index contributed by atoms with van der Waals surface area (Å²) in [6.45, 7) is 4.43. The van der Waals surface area contributed by atoms with Crippen molar-refractivity contribution in [2.45, 2.75) is 45.3 Å². The molecule has 8 heteroatoms. The summed E-state index contributed by atoms with van der Waals surface area (Å²) < 4.78 is 19.7. The minimum absolute atomic E-state index is 0.0184. The van der Waals surface area contributed by atoms with Crippen LogP contribution in [-0.4, -0.2) is 50.4 Å². The highest BCUT2D eigenvalue weighted by Crippen LogP contribution is 2.37. The Hall–Kier alpha value is -3.23. The number of benzene rings is 2. The molecule has 7 nitrogen and oxygen atoms in total. The zero-order chi connectivity index (χ0) is 23.5. The van der Waals surface area contributed by atoms with E-state index >= 15 is 0 Å². The molecule has 0 atom stereocenters. The van der Waals surface area contributed by atoms with Crippen molar-refractivity contribution in [1.29, 1.82) is 0 Å². The number of amides is 2. The number of hydrogen-bond acceptors (Lipinski definition) is 5. The number of likely N-dealkylation sites (tertiary alicyclic amines) is 1. The average molecular weight is 454 g/mol. The van der Waals surface area contributed by atoms with E-state index in [1.165, 1.54) is 12.1 Å². The number of oxazole rings is 1. The van der Waals surface area contributed by atoms with Gasteiger partial charge in [-0.1, -0.05) is 24.3 Å². The molecule has 33 heavy (non-hydrogen) atoms. The second kappa shape index (κ2) is 9.72. The molecule has 2 amide bonds. The Labute approximate surface area is 192 Å². The van der Waals surface area contributed by atoms with Crippen molar-refractivity contribution >= 4 is 6.03 Å². The first-order chi connectivity index (χ1) is 15.9. The molecule has 1 aliphatic rings. The zero-order valence-electron chi connectivity index (χ0n) is 18.7. The number of hydroxylamine groups is 2. The van der Waals surface area contributed by atoms with Crippen LogP contribution in [0.4, 0.5) is 9.18 Å². The lowest BCUT2D eigenvalue weighted by atomic mass is 9.97. The first-order valence-corrected chi connectivity index (χ1v) is 11.1. The molecule has 0 bridgehead atoms. The van der Waals surface area contributed by atoms with Gasteiger partial charge < -0.3 is 14.4 Å². The van der Waals surface area contributed by atoms with E-state index < -0.39 is 6.03 Å². The molecule has 0 saturated carbocycles. The lowest BCUT2D eigenvalue weighted by Crippen LogP contribution is -2.47. The maximum atomic E-state index is 13.5. The fourth-order valence-corrected chi connectivity index (χ4v) is 3.96. The molecule has 0 radical (unpaired) electrons. The van der Waals surface area contributed by atoms with Gasteiger partial charge in [-0.05, 0) is 56.5 Å². The number of carbonyl (C=O) groups is 1. The predicted molar refractivity (Wildman–Crippen MR) is 121 cm³/mol. The van der Waals surface area contributed by atoms with Crippen LogP contribution in [0.3, 0.4) is 0 Å². The molecule has 174 valence electrons.